The van der Waals surface area contributed by atoms with Crippen LogP contribution in [0.2, 0.25) is 0 Å². The molecule has 1 aliphatic rings. The lowest BCUT2D eigenvalue weighted by Crippen LogP contribution is -2.52. The number of carbonyl (C=O) groups excluding carboxylic acids is 1. The van der Waals surface area contributed by atoms with Gasteiger partial charge < -0.3 is 15.0 Å². The Kier molecular flexibility index (Phi) is 6.88. The van der Waals surface area contributed by atoms with E-state index in [2.05, 4.69) is 15.3 Å². The third kappa shape index (κ3) is 5.68. The highest BCUT2D eigenvalue weighted by Gasteiger charge is 2.46. The molecule has 0 bridgehead atoms. The van der Waals surface area contributed by atoms with E-state index < -0.39 is 41.8 Å². The van der Waals surface area contributed by atoms with Gasteiger partial charge in [-0.15, -0.1) is 0 Å². The van der Waals surface area contributed by atoms with Gasteiger partial charge in [-0.1, -0.05) is 6.07 Å². The fourth-order valence-corrected chi connectivity index (χ4v) is 3.86. The summed E-state index contributed by atoms with van der Waals surface area (Å²) in [5.74, 6) is -6.03. The highest BCUT2D eigenvalue weighted by atomic mass is 19.3. The number of rotatable bonds is 6. The zero-order valence-electron chi connectivity index (χ0n) is 18.6. The Bertz CT molecular complexity index is 1250. The number of carbonyl (C=O) groups is 1. The molecule has 3 heterocycles. The molecule has 1 aliphatic heterocycles. The maximum atomic E-state index is 14.6. The molecule has 4 rings (SSSR count). The average molecular weight is 490 g/mol. The van der Waals surface area contributed by atoms with Crippen LogP contribution in [0.25, 0.3) is 0 Å². The molecule has 2 aromatic heterocycles. The van der Waals surface area contributed by atoms with E-state index in [1.165, 1.54) is 36.7 Å². The van der Waals surface area contributed by atoms with E-state index in [0.29, 0.717) is 11.6 Å². The summed E-state index contributed by atoms with van der Waals surface area (Å²) in [7, 11) is 0. The molecule has 1 saturated heterocycles. The summed E-state index contributed by atoms with van der Waals surface area (Å²) in [6, 6.07) is 7.61. The van der Waals surface area contributed by atoms with Crippen molar-refractivity contribution in [3.8, 4) is 11.5 Å². The van der Waals surface area contributed by atoms with E-state index >= 15 is 0 Å². The maximum absolute atomic E-state index is 14.6. The number of hydrogen-bond acceptors (Lipinski definition) is 5. The molecule has 0 unspecified atom stereocenters. The molecule has 0 spiro atoms. The first kappa shape index (κ1) is 24.4. The predicted octanol–water partition coefficient (Wildman–Crippen LogP) is 4.29. The van der Waals surface area contributed by atoms with Gasteiger partial charge >= 0.3 is 0 Å². The number of H-pyrrole nitrogens is 1. The summed E-state index contributed by atoms with van der Waals surface area (Å²) in [5, 5.41) is 2.63. The molecule has 184 valence electrons. The number of amides is 1. The van der Waals surface area contributed by atoms with Crippen LogP contribution in [0.1, 0.15) is 24.8 Å². The van der Waals surface area contributed by atoms with Crippen LogP contribution in [0.3, 0.4) is 0 Å². The van der Waals surface area contributed by atoms with Gasteiger partial charge in [-0.25, -0.2) is 22.5 Å². The van der Waals surface area contributed by atoms with Crippen molar-refractivity contribution in [2.24, 2.45) is 0 Å². The van der Waals surface area contributed by atoms with Crippen molar-refractivity contribution in [3.05, 3.63) is 82.4 Å². The minimum atomic E-state index is -2.98. The first-order valence-electron chi connectivity index (χ1n) is 10.8. The maximum Gasteiger partial charge on any atom is 0.257 e. The SMILES string of the molecule is C[C@@H](C(=O)Nc1ccc(Oc2ccc(F)cc2F)cn1)N1CCC(F)(F)[C@@H](c2ccc(=O)[nH]c2)C1. The second-order valence-electron chi connectivity index (χ2n) is 8.27. The van der Waals surface area contributed by atoms with E-state index in [4.69, 9.17) is 4.74 Å². The van der Waals surface area contributed by atoms with E-state index in [1.807, 2.05) is 0 Å². The zero-order valence-corrected chi connectivity index (χ0v) is 18.6. The summed E-state index contributed by atoms with van der Waals surface area (Å²) in [4.78, 5) is 32.2. The smallest absolute Gasteiger partial charge is 0.257 e. The highest BCUT2D eigenvalue weighted by Crippen LogP contribution is 2.40. The molecule has 1 amide bonds. The molecule has 2 atom stereocenters. The Morgan fingerprint density at radius 3 is 2.69 bits per heavy atom. The van der Waals surface area contributed by atoms with Gasteiger partial charge in [0.05, 0.1) is 18.2 Å². The average Bonchev–Trinajstić information content (AvgIpc) is 2.82. The number of nitrogens with zero attached hydrogens (tertiary/aromatic N) is 2. The van der Waals surface area contributed by atoms with Gasteiger partial charge in [0.15, 0.2) is 11.6 Å². The van der Waals surface area contributed by atoms with Crippen LogP contribution in [-0.4, -0.2) is 45.8 Å². The zero-order chi connectivity index (χ0) is 25.2. The fourth-order valence-electron chi connectivity index (χ4n) is 3.86. The van der Waals surface area contributed by atoms with Crippen molar-refractivity contribution >= 4 is 11.7 Å². The lowest BCUT2D eigenvalue weighted by Gasteiger charge is -2.40. The molecule has 35 heavy (non-hydrogen) atoms. The lowest BCUT2D eigenvalue weighted by molar-refractivity contribution is -0.125. The third-order valence-electron chi connectivity index (χ3n) is 5.91. The first-order valence-corrected chi connectivity index (χ1v) is 10.8. The number of alkyl halides is 2. The number of nitrogens with one attached hydrogen (secondary N) is 2. The van der Waals surface area contributed by atoms with Crippen LogP contribution in [0.5, 0.6) is 11.5 Å². The number of likely N-dealkylation sites (tertiary alicyclic amines) is 1. The number of benzene rings is 1. The van der Waals surface area contributed by atoms with Crippen molar-refractivity contribution in [1.82, 2.24) is 14.9 Å². The second kappa shape index (κ2) is 9.87. The summed E-state index contributed by atoms with van der Waals surface area (Å²) >= 11 is 0. The van der Waals surface area contributed by atoms with Gasteiger partial charge in [-0.3, -0.25) is 14.5 Å². The molecule has 0 radical (unpaired) electrons. The molecule has 3 aromatic rings. The molecule has 0 saturated carbocycles. The molecular formula is C24H22F4N4O3. The highest BCUT2D eigenvalue weighted by molar-refractivity contribution is 5.93. The van der Waals surface area contributed by atoms with E-state index in [-0.39, 0.29) is 36.0 Å². The number of halogens is 4. The first-order chi connectivity index (χ1) is 16.6. The molecule has 0 aliphatic carbocycles. The molecule has 11 heteroatoms. The molecule has 7 nitrogen and oxygen atoms in total. The largest absolute Gasteiger partial charge is 0.453 e. The van der Waals surface area contributed by atoms with Crippen molar-refractivity contribution < 1.29 is 27.1 Å². The summed E-state index contributed by atoms with van der Waals surface area (Å²) in [5.41, 5.74) is -0.0917. The number of pyridine rings is 2. The van der Waals surface area contributed by atoms with Gasteiger partial charge in [0.1, 0.15) is 17.4 Å². The van der Waals surface area contributed by atoms with E-state index in [9.17, 15) is 27.2 Å². The Morgan fingerprint density at radius 2 is 2.03 bits per heavy atom. The molecule has 1 fully saturated rings. The van der Waals surface area contributed by atoms with Crippen LogP contribution < -0.4 is 15.6 Å². The van der Waals surface area contributed by atoms with Gasteiger partial charge in [0.25, 0.3) is 5.92 Å². The molecule has 1 aromatic carbocycles. The Labute approximate surface area is 197 Å². The van der Waals surface area contributed by atoms with Crippen molar-refractivity contribution in [2.75, 3.05) is 18.4 Å². The quantitative estimate of drug-likeness (QED) is 0.504. The van der Waals surface area contributed by atoms with E-state index in [0.717, 1.165) is 12.1 Å². The van der Waals surface area contributed by atoms with Crippen molar-refractivity contribution in [2.45, 2.75) is 31.2 Å². The Hall–Kier alpha value is -3.73. The predicted molar refractivity (Wildman–Crippen MR) is 120 cm³/mol. The van der Waals surface area contributed by atoms with Crippen LogP contribution >= 0.6 is 0 Å². The van der Waals surface area contributed by atoms with Crippen molar-refractivity contribution in [3.63, 3.8) is 0 Å². The third-order valence-corrected chi connectivity index (χ3v) is 5.91. The lowest BCUT2D eigenvalue weighted by atomic mass is 9.87. The minimum Gasteiger partial charge on any atom is -0.453 e. The Morgan fingerprint density at radius 1 is 1.23 bits per heavy atom. The van der Waals surface area contributed by atoms with Gasteiger partial charge in [0, 0.05) is 37.8 Å². The minimum absolute atomic E-state index is 0.0187. The number of aromatic amines is 1. The topological polar surface area (TPSA) is 87.3 Å². The number of anilines is 1. The van der Waals surface area contributed by atoms with Crippen molar-refractivity contribution in [1.29, 1.82) is 0 Å². The van der Waals surface area contributed by atoms with Crippen LogP contribution in [0.4, 0.5) is 23.4 Å². The number of piperidine rings is 1. The number of hydrogen-bond donors (Lipinski definition) is 2. The van der Waals surface area contributed by atoms with Gasteiger partial charge in [-0.2, -0.15) is 0 Å². The number of aromatic nitrogens is 2. The van der Waals surface area contributed by atoms with E-state index in [1.54, 1.807) is 11.8 Å². The van der Waals surface area contributed by atoms with Gasteiger partial charge in [-0.05, 0) is 36.8 Å². The van der Waals surface area contributed by atoms with Gasteiger partial charge in [0.2, 0.25) is 11.5 Å². The summed E-state index contributed by atoms with van der Waals surface area (Å²) in [6.07, 6.45) is 2.11. The Balaban J connectivity index is 1.39. The summed E-state index contributed by atoms with van der Waals surface area (Å²) < 4.78 is 61.3. The monoisotopic (exact) mass is 490 g/mol. The normalized spacial score (nSPS) is 18.6. The number of ether oxygens (including phenoxy) is 1. The fraction of sp³-hybridized carbons (Fsp3) is 0.292. The summed E-state index contributed by atoms with van der Waals surface area (Å²) in [6.45, 7) is 1.56. The molecular weight excluding hydrogens is 468 g/mol. The van der Waals surface area contributed by atoms with Crippen LogP contribution in [0, 0.1) is 11.6 Å². The molecule has 2 N–H and O–H groups in total. The van der Waals surface area contributed by atoms with Crippen LogP contribution in [-0.2, 0) is 4.79 Å². The second-order valence-corrected chi connectivity index (χ2v) is 8.27. The standard InChI is InChI=1S/C24H22F4N4O3/c1-14(32-9-8-24(27,28)18(13-32)15-2-7-22(33)30-11-15)23(34)31-21-6-4-17(12-29-21)35-20-5-3-16(25)10-19(20)26/h2-7,10-12,14,18H,8-9,13H2,1H3,(H,30,33)(H,29,31,34)/t14-,18+/m0/s1. The van der Waals surface area contributed by atoms with Crippen LogP contribution in [0.15, 0.2) is 59.7 Å².